The van der Waals surface area contributed by atoms with Crippen molar-refractivity contribution in [1.29, 1.82) is 0 Å². The number of pyridine rings is 1. The van der Waals surface area contributed by atoms with Crippen molar-refractivity contribution in [3.8, 4) is 0 Å². The average Bonchev–Trinajstić information content (AvgIpc) is 2.37. The first-order valence-corrected chi connectivity index (χ1v) is 6.97. The van der Waals surface area contributed by atoms with Crippen molar-refractivity contribution in [2.24, 2.45) is 0 Å². The highest BCUT2D eigenvalue weighted by atomic mass is 79.9. The molecule has 0 fully saturated rings. The number of rotatable bonds is 2. The van der Waals surface area contributed by atoms with Gasteiger partial charge in [0.2, 0.25) is 0 Å². The van der Waals surface area contributed by atoms with E-state index in [0.29, 0.717) is 16.3 Å². The minimum absolute atomic E-state index is 0.152. The van der Waals surface area contributed by atoms with E-state index in [2.05, 4.69) is 26.2 Å². The smallest absolute Gasteiger partial charge is 0.257 e. The van der Waals surface area contributed by atoms with Crippen LogP contribution in [0.2, 0.25) is 15.2 Å². The summed E-state index contributed by atoms with van der Waals surface area (Å²) in [6.07, 6.45) is 1.34. The molecular weight excluding hydrogens is 374 g/mol. The van der Waals surface area contributed by atoms with E-state index >= 15 is 0 Å². The van der Waals surface area contributed by atoms with Crippen LogP contribution in [-0.4, -0.2) is 10.9 Å². The van der Waals surface area contributed by atoms with Crippen LogP contribution < -0.4 is 5.32 Å². The Kier molecular flexibility index (Phi) is 4.68. The van der Waals surface area contributed by atoms with Gasteiger partial charge in [0, 0.05) is 10.7 Å². The van der Waals surface area contributed by atoms with Crippen LogP contribution in [0.5, 0.6) is 0 Å². The zero-order valence-corrected chi connectivity index (χ0v) is 13.1. The summed E-state index contributed by atoms with van der Waals surface area (Å²) in [5.74, 6) is -0.369. The van der Waals surface area contributed by atoms with Gasteiger partial charge >= 0.3 is 0 Å². The van der Waals surface area contributed by atoms with Gasteiger partial charge < -0.3 is 5.32 Å². The van der Waals surface area contributed by atoms with Gasteiger partial charge in [-0.25, -0.2) is 4.98 Å². The summed E-state index contributed by atoms with van der Waals surface area (Å²) in [7, 11) is 0. The van der Waals surface area contributed by atoms with Crippen LogP contribution in [0.4, 0.5) is 5.69 Å². The molecule has 0 aliphatic carbocycles. The molecule has 0 bridgehead atoms. The highest BCUT2D eigenvalue weighted by Gasteiger charge is 2.11. The fourth-order valence-corrected chi connectivity index (χ4v) is 2.13. The van der Waals surface area contributed by atoms with Crippen LogP contribution in [0.25, 0.3) is 0 Å². The molecule has 0 aliphatic heterocycles. The topological polar surface area (TPSA) is 42.0 Å². The number of anilines is 1. The molecule has 0 atom stereocenters. The summed E-state index contributed by atoms with van der Waals surface area (Å²) in [5, 5.41) is 3.48. The lowest BCUT2D eigenvalue weighted by atomic mass is 10.2. The van der Waals surface area contributed by atoms with E-state index < -0.39 is 0 Å². The molecule has 1 aromatic carbocycles. The van der Waals surface area contributed by atoms with Crippen LogP contribution in [0.3, 0.4) is 0 Å². The summed E-state index contributed by atoms with van der Waals surface area (Å²) in [6, 6.07) is 6.59. The molecule has 1 aromatic heterocycles. The first kappa shape index (κ1) is 14.6. The van der Waals surface area contributed by atoms with Crippen molar-refractivity contribution in [3.63, 3.8) is 0 Å². The number of carbonyl (C=O) groups excluding carboxylic acids is 1. The van der Waals surface area contributed by atoms with E-state index in [0.717, 1.165) is 4.47 Å². The molecule has 19 heavy (non-hydrogen) atoms. The number of amides is 1. The Morgan fingerprint density at radius 1 is 1.16 bits per heavy atom. The first-order valence-electron chi connectivity index (χ1n) is 5.05. The number of benzene rings is 1. The molecule has 7 heteroatoms. The van der Waals surface area contributed by atoms with Crippen LogP contribution in [0, 0.1) is 0 Å². The minimum Gasteiger partial charge on any atom is -0.321 e. The van der Waals surface area contributed by atoms with Gasteiger partial charge in [-0.15, -0.1) is 0 Å². The van der Waals surface area contributed by atoms with Gasteiger partial charge in [-0.2, -0.15) is 0 Å². The van der Waals surface area contributed by atoms with Crippen LogP contribution >= 0.6 is 50.7 Å². The maximum Gasteiger partial charge on any atom is 0.257 e. The number of aromatic nitrogens is 1. The molecule has 0 saturated heterocycles. The second kappa shape index (κ2) is 6.09. The minimum atomic E-state index is -0.369. The SMILES string of the molecule is O=C(Nc1cc(Br)ccc1Cl)c1cnc(Cl)c(Cl)c1. The molecule has 2 aromatic rings. The number of carbonyl (C=O) groups is 1. The number of nitrogens with zero attached hydrogens (tertiary/aromatic N) is 1. The predicted octanol–water partition coefficient (Wildman–Crippen LogP) is 5.06. The first-order chi connectivity index (χ1) is 8.97. The molecule has 1 N–H and O–H groups in total. The third-order valence-electron chi connectivity index (χ3n) is 2.24. The van der Waals surface area contributed by atoms with Crippen LogP contribution in [0.1, 0.15) is 10.4 Å². The monoisotopic (exact) mass is 378 g/mol. The molecule has 98 valence electrons. The molecule has 2 rings (SSSR count). The van der Waals surface area contributed by atoms with Gasteiger partial charge in [-0.1, -0.05) is 50.7 Å². The van der Waals surface area contributed by atoms with Gasteiger partial charge in [-0.05, 0) is 24.3 Å². The summed E-state index contributed by atoms with van der Waals surface area (Å²) in [4.78, 5) is 15.8. The zero-order chi connectivity index (χ0) is 14.0. The lowest BCUT2D eigenvalue weighted by Crippen LogP contribution is -2.12. The molecule has 0 radical (unpaired) electrons. The Bertz CT molecular complexity index is 649. The van der Waals surface area contributed by atoms with E-state index in [4.69, 9.17) is 34.8 Å². The lowest BCUT2D eigenvalue weighted by molar-refractivity contribution is 0.102. The standard InChI is InChI=1S/C12H6BrCl3N2O/c13-7-1-2-8(14)10(4-7)18-12(19)6-3-9(15)11(16)17-5-6/h1-5H,(H,18,19). The lowest BCUT2D eigenvalue weighted by Gasteiger charge is -2.08. The highest BCUT2D eigenvalue weighted by molar-refractivity contribution is 9.10. The van der Waals surface area contributed by atoms with Gasteiger partial charge in [-0.3, -0.25) is 4.79 Å². The molecule has 0 saturated carbocycles. The van der Waals surface area contributed by atoms with Gasteiger partial charge in [0.25, 0.3) is 5.91 Å². The summed E-state index contributed by atoms with van der Waals surface area (Å²) in [6.45, 7) is 0. The molecular formula is C12H6BrCl3N2O. The molecule has 0 unspecified atom stereocenters. The Morgan fingerprint density at radius 3 is 2.58 bits per heavy atom. The second-order valence-corrected chi connectivity index (χ2v) is 5.66. The maximum atomic E-state index is 12.0. The Balaban J connectivity index is 2.25. The van der Waals surface area contributed by atoms with Crippen molar-refractivity contribution in [1.82, 2.24) is 4.98 Å². The summed E-state index contributed by atoms with van der Waals surface area (Å²) >= 11 is 20.8. The fourth-order valence-electron chi connectivity index (χ4n) is 1.33. The largest absolute Gasteiger partial charge is 0.321 e. The van der Waals surface area contributed by atoms with Crippen LogP contribution in [-0.2, 0) is 0 Å². The van der Waals surface area contributed by atoms with Crippen LogP contribution in [0.15, 0.2) is 34.9 Å². The highest BCUT2D eigenvalue weighted by Crippen LogP contribution is 2.26. The quantitative estimate of drug-likeness (QED) is 0.740. The van der Waals surface area contributed by atoms with Crippen molar-refractivity contribution in [3.05, 3.63) is 55.7 Å². The van der Waals surface area contributed by atoms with Crippen molar-refractivity contribution < 1.29 is 4.79 Å². The normalized spacial score (nSPS) is 10.3. The predicted molar refractivity (Wildman–Crippen MR) is 81.4 cm³/mol. The van der Waals surface area contributed by atoms with Gasteiger partial charge in [0.1, 0.15) is 5.15 Å². The van der Waals surface area contributed by atoms with E-state index in [1.165, 1.54) is 12.3 Å². The van der Waals surface area contributed by atoms with E-state index in [9.17, 15) is 4.79 Å². The number of hydrogen-bond acceptors (Lipinski definition) is 2. The Labute approximate surface area is 133 Å². The number of nitrogens with one attached hydrogen (secondary N) is 1. The second-order valence-electron chi connectivity index (χ2n) is 3.57. The third kappa shape index (κ3) is 3.60. The third-order valence-corrected chi connectivity index (χ3v) is 3.74. The Morgan fingerprint density at radius 2 is 1.89 bits per heavy atom. The molecule has 0 aliphatic rings. The van der Waals surface area contributed by atoms with Gasteiger partial charge in [0.15, 0.2) is 0 Å². The number of halogens is 4. The molecule has 3 nitrogen and oxygen atoms in total. The van der Waals surface area contributed by atoms with E-state index in [1.54, 1.807) is 18.2 Å². The van der Waals surface area contributed by atoms with Crippen molar-refractivity contribution in [2.45, 2.75) is 0 Å². The average molecular weight is 380 g/mol. The zero-order valence-electron chi connectivity index (χ0n) is 9.25. The van der Waals surface area contributed by atoms with Crippen molar-refractivity contribution >= 4 is 62.3 Å². The number of hydrogen-bond donors (Lipinski definition) is 1. The maximum absolute atomic E-state index is 12.0. The van der Waals surface area contributed by atoms with Gasteiger partial charge in [0.05, 0.1) is 21.3 Å². The summed E-state index contributed by atoms with van der Waals surface area (Å²) in [5.41, 5.74) is 0.789. The fraction of sp³-hybridized carbons (Fsp3) is 0. The summed E-state index contributed by atoms with van der Waals surface area (Å²) < 4.78 is 0.805. The van der Waals surface area contributed by atoms with E-state index in [-0.39, 0.29) is 16.1 Å². The van der Waals surface area contributed by atoms with E-state index in [1.807, 2.05) is 0 Å². The molecule has 1 heterocycles. The molecule has 1 amide bonds. The molecule has 0 spiro atoms. The van der Waals surface area contributed by atoms with Crippen molar-refractivity contribution in [2.75, 3.05) is 5.32 Å². The Hall–Kier alpha value is -0.810.